The molecule has 0 unspecified atom stereocenters. The van der Waals surface area contributed by atoms with Gasteiger partial charge in [0.15, 0.2) is 5.84 Å². The van der Waals surface area contributed by atoms with E-state index in [1.165, 1.54) is 17.4 Å². The van der Waals surface area contributed by atoms with Crippen LogP contribution in [-0.4, -0.2) is 21.9 Å². The van der Waals surface area contributed by atoms with Gasteiger partial charge >= 0.3 is 0 Å². The number of halogens is 1. The summed E-state index contributed by atoms with van der Waals surface area (Å²) in [4.78, 5) is 15.8. The monoisotopic (exact) mass is 296 g/mol. The van der Waals surface area contributed by atoms with Gasteiger partial charge in [-0.05, 0) is 18.2 Å². The number of amidine groups is 1. The molecule has 0 saturated heterocycles. The molecule has 0 aliphatic rings. The van der Waals surface area contributed by atoms with Crippen LogP contribution in [0.2, 0.25) is 5.02 Å². The van der Waals surface area contributed by atoms with E-state index in [1.54, 1.807) is 23.0 Å². The van der Waals surface area contributed by atoms with Crippen molar-refractivity contribution in [3.8, 4) is 0 Å². The van der Waals surface area contributed by atoms with Crippen molar-refractivity contribution in [2.45, 2.75) is 0 Å². The van der Waals surface area contributed by atoms with Crippen molar-refractivity contribution in [1.29, 1.82) is 0 Å². The highest BCUT2D eigenvalue weighted by Gasteiger charge is 2.13. The molecule has 0 aliphatic carbocycles. The fourth-order valence-electron chi connectivity index (χ4n) is 1.41. The number of benzene rings is 1. The van der Waals surface area contributed by atoms with E-state index in [4.69, 9.17) is 22.5 Å². The maximum atomic E-state index is 11.9. The summed E-state index contributed by atoms with van der Waals surface area (Å²) < 4.78 is 0. The molecule has 2 aromatic rings. The van der Waals surface area contributed by atoms with Crippen LogP contribution < -0.4 is 11.1 Å². The van der Waals surface area contributed by atoms with Gasteiger partial charge in [0.1, 0.15) is 5.69 Å². The van der Waals surface area contributed by atoms with E-state index in [-0.39, 0.29) is 11.5 Å². The van der Waals surface area contributed by atoms with E-state index >= 15 is 0 Å². The number of amides is 1. The summed E-state index contributed by atoms with van der Waals surface area (Å²) in [6, 6.07) is 4.64. The molecule has 8 heteroatoms. The number of carbonyl (C=O) groups is 1. The van der Waals surface area contributed by atoms with Gasteiger partial charge in [-0.1, -0.05) is 16.8 Å². The molecule has 1 aromatic heterocycles. The highest BCUT2D eigenvalue weighted by molar-refractivity contribution is 7.07. The minimum Gasteiger partial charge on any atom is -0.409 e. The standard InChI is InChI=1S/C11H9ClN4O2S/c12-6-1-2-7(10(13)16-18)8(3-6)15-11(17)9-4-19-5-14-9/h1-5,18H,(H2,13,16)(H,15,17). The van der Waals surface area contributed by atoms with Crippen molar-refractivity contribution >= 4 is 40.4 Å². The number of nitrogens with zero attached hydrogens (tertiary/aromatic N) is 2. The lowest BCUT2D eigenvalue weighted by molar-refractivity contribution is 0.102. The summed E-state index contributed by atoms with van der Waals surface area (Å²) in [7, 11) is 0. The van der Waals surface area contributed by atoms with Crippen LogP contribution in [0.5, 0.6) is 0 Å². The molecule has 1 aromatic carbocycles. The minimum atomic E-state index is -0.393. The average Bonchev–Trinajstić information content (AvgIpc) is 2.92. The van der Waals surface area contributed by atoms with E-state index in [1.807, 2.05) is 0 Å². The van der Waals surface area contributed by atoms with E-state index < -0.39 is 5.91 Å². The number of anilines is 1. The topological polar surface area (TPSA) is 101 Å². The van der Waals surface area contributed by atoms with Crippen molar-refractivity contribution in [2.24, 2.45) is 10.9 Å². The predicted octanol–water partition coefficient (Wildman–Crippen LogP) is 2.14. The maximum Gasteiger partial charge on any atom is 0.275 e. The van der Waals surface area contributed by atoms with Gasteiger partial charge < -0.3 is 16.3 Å². The zero-order chi connectivity index (χ0) is 13.8. The number of oxime groups is 1. The molecule has 1 amide bonds. The lowest BCUT2D eigenvalue weighted by Gasteiger charge is -2.09. The molecule has 0 radical (unpaired) electrons. The predicted molar refractivity (Wildman–Crippen MR) is 74.0 cm³/mol. The zero-order valence-electron chi connectivity index (χ0n) is 9.50. The fraction of sp³-hybridized carbons (Fsp3) is 0. The zero-order valence-corrected chi connectivity index (χ0v) is 11.1. The number of carbonyl (C=O) groups excluding carboxylic acids is 1. The number of aromatic nitrogens is 1. The van der Waals surface area contributed by atoms with Crippen LogP contribution in [0, 0.1) is 0 Å². The number of hydrogen-bond donors (Lipinski definition) is 3. The summed E-state index contributed by atoms with van der Waals surface area (Å²) >= 11 is 7.18. The first-order chi connectivity index (χ1) is 9.11. The van der Waals surface area contributed by atoms with Gasteiger partial charge in [-0.25, -0.2) is 4.98 Å². The first-order valence-electron chi connectivity index (χ1n) is 5.09. The fourth-order valence-corrected chi connectivity index (χ4v) is 2.11. The summed E-state index contributed by atoms with van der Waals surface area (Å²) in [6.45, 7) is 0. The Balaban J connectivity index is 2.33. The Kier molecular flexibility index (Phi) is 3.98. The Morgan fingerprint density at radius 1 is 1.53 bits per heavy atom. The molecule has 0 bridgehead atoms. The van der Waals surface area contributed by atoms with Crippen LogP contribution in [0.1, 0.15) is 16.1 Å². The largest absolute Gasteiger partial charge is 0.409 e. The molecule has 2 rings (SSSR count). The van der Waals surface area contributed by atoms with E-state index in [0.717, 1.165) is 0 Å². The second-order valence-electron chi connectivity index (χ2n) is 3.50. The van der Waals surface area contributed by atoms with Crippen LogP contribution in [0.4, 0.5) is 5.69 Å². The SMILES string of the molecule is NC(=NO)c1ccc(Cl)cc1NC(=O)c1cscn1. The van der Waals surface area contributed by atoms with Gasteiger partial charge in [-0.2, -0.15) is 0 Å². The van der Waals surface area contributed by atoms with Gasteiger partial charge in [0.25, 0.3) is 5.91 Å². The molecule has 4 N–H and O–H groups in total. The Labute approximate surface area is 117 Å². The van der Waals surface area contributed by atoms with Crippen molar-refractivity contribution in [1.82, 2.24) is 4.98 Å². The Hall–Kier alpha value is -2.12. The van der Waals surface area contributed by atoms with Crippen LogP contribution in [0.15, 0.2) is 34.2 Å². The van der Waals surface area contributed by atoms with Gasteiger partial charge in [0.05, 0.1) is 11.2 Å². The van der Waals surface area contributed by atoms with Gasteiger partial charge in [-0.15, -0.1) is 11.3 Å². The maximum absolute atomic E-state index is 11.9. The minimum absolute atomic E-state index is 0.120. The molecular weight excluding hydrogens is 288 g/mol. The van der Waals surface area contributed by atoms with Crippen molar-refractivity contribution in [2.75, 3.05) is 5.32 Å². The number of hydrogen-bond acceptors (Lipinski definition) is 5. The third-order valence-corrected chi connectivity index (χ3v) is 3.10. The van der Waals surface area contributed by atoms with Crippen LogP contribution in [0.3, 0.4) is 0 Å². The molecule has 0 fully saturated rings. The second-order valence-corrected chi connectivity index (χ2v) is 4.66. The van der Waals surface area contributed by atoms with Crippen LogP contribution >= 0.6 is 22.9 Å². The first-order valence-corrected chi connectivity index (χ1v) is 6.41. The quantitative estimate of drug-likeness (QED) is 0.349. The van der Waals surface area contributed by atoms with E-state index in [0.29, 0.717) is 16.3 Å². The molecule has 1 heterocycles. The Morgan fingerprint density at radius 3 is 2.95 bits per heavy atom. The van der Waals surface area contributed by atoms with E-state index in [2.05, 4.69) is 15.5 Å². The number of thiazole rings is 1. The number of nitrogens with two attached hydrogens (primary N) is 1. The molecule has 0 saturated carbocycles. The molecule has 98 valence electrons. The number of nitrogens with one attached hydrogen (secondary N) is 1. The van der Waals surface area contributed by atoms with Crippen molar-refractivity contribution in [3.63, 3.8) is 0 Å². The smallest absolute Gasteiger partial charge is 0.275 e. The summed E-state index contributed by atoms with van der Waals surface area (Å²) in [5, 5.41) is 16.3. The number of rotatable bonds is 3. The summed E-state index contributed by atoms with van der Waals surface area (Å²) in [5.74, 6) is -0.513. The average molecular weight is 297 g/mol. The van der Waals surface area contributed by atoms with Crippen molar-refractivity contribution < 1.29 is 10.0 Å². The van der Waals surface area contributed by atoms with Crippen LogP contribution in [-0.2, 0) is 0 Å². The molecule has 19 heavy (non-hydrogen) atoms. The lowest BCUT2D eigenvalue weighted by Crippen LogP contribution is -2.19. The second kappa shape index (κ2) is 5.68. The Bertz CT molecular complexity index is 628. The molecule has 0 atom stereocenters. The normalized spacial score (nSPS) is 11.3. The molecule has 6 nitrogen and oxygen atoms in total. The summed E-state index contributed by atoms with van der Waals surface area (Å²) in [5.41, 5.74) is 8.09. The third kappa shape index (κ3) is 3.01. The third-order valence-electron chi connectivity index (χ3n) is 2.28. The van der Waals surface area contributed by atoms with Gasteiger partial charge in [0.2, 0.25) is 0 Å². The van der Waals surface area contributed by atoms with Crippen molar-refractivity contribution in [3.05, 3.63) is 45.4 Å². The highest BCUT2D eigenvalue weighted by atomic mass is 35.5. The molecule has 0 spiro atoms. The highest BCUT2D eigenvalue weighted by Crippen LogP contribution is 2.21. The molecular formula is C11H9ClN4O2S. The van der Waals surface area contributed by atoms with Gasteiger partial charge in [0, 0.05) is 16.0 Å². The van der Waals surface area contributed by atoms with E-state index in [9.17, 15) is 4.79 Å². The molecule has 0 aliphatic heterocycles. The van der Waals surface area contributed by atoms with Crippen LogP contribution in [0.25, 0.3) is 0 Å². The van der Waals surface area contributed by atoms with Gasteiger partial charge in [-0.3, -0.25) is 4.79 Å². The lowest BCUT2D eigenvalue weighted by atomic mass is 10.1. The summed E-state index contributed by atoms with van der Waals surface area (Å²) in [6.07, 6.45) is 0. The Morgan fingerprint density at radius 2 is 2.32 bits per heavy atom. The first kappa shape index (κ1) is 13.3.